The molecule has 1 aliphatic rings. The molecule has 0 radical (unpaired) electrons. The summed E-state index contributed by atoms with van der Waals surface area (Å²) in [4.78, 5) is 8.41. The van der Waals surface area contributed by atoms with Gasteiger partial charge in [0.15, 0.2) is 0 Å². The fourth-order valence-corrected chi connectivity index (χ4v) is 3.25. The Morgan fingerprint density at radius 1 is 1.26 bits per heavy atom. The van der Waals surface area contributed by atoms with Gasteiger partial charge < -0.3 is 5.32 Å². The molecule has 0 spiro atoms. The zero-order valence-electron chi connectivity index (χ0n) is 12.0. The Kier molecular flexibility index (Phi) is 5.44. The predicted molar refractivity (Wildman–Crippen MR) is 80.8 cm³/mol. The monoisotopic (exact) mass is 281 g/mol. The highest BCUT2D eigenvalue weighted by molar-refractivity contribution is 6.30. The molecule has 1 heterocycles. The molecule has 19 heavy (non-hydrogen) atoms. The molecule has 0 saturated heterocycles. The normalized spacial score (nSPS) is 16.8. The SMILES string of the molecule is CC(C)c1c(Cl)ncnc1NCCC1CCCCC1. The number of halogens is 1. The molecule has 1 aromatic rings. The minimum atomic E-state index is 0.339. The second-order valence-electron chi connectivity index (χ2n) is 5.80. The van der Waals surface area contributed by atoms with Crippen LogP contribution in [-0.4, -0.2) is 16.5 Å². The molecule has 4 heteroatoms. The van der Waals surface area contributed by atoms with E-state index >= 15 is 0 Å². The number of rotatable bonds is 5. The topological polar surface area (TPSA) is 37.8 Å². The van der Waals surface area contributed by atoms with E-state index in [1.165, 1.54) is 44.9 Å². The van der Waals surface area contributed by atoms with E-state index in [2.05, 4.69) is 29.1 Å². The van der Waals surface area contributed by atoms with Crippen LogP contribution >= 0.6 is 11.6 Å². The van der Waals surface area contributed by atoms with Crippen LogP contribution in [0.4, 0.5) is 5.82 Å². The molecule has 1 aliphatic carbocycles. The average molecular weight is 282 g/mol. The Balaban J connectivity index is 1.90. The van der Waals surface area contributed by atoms with E-state index in [9.17, 15) is 0 Å². The third-order valence-electron chi connectivity index (χ3n) is 3.98. The lowest BCUT2D eigenvalue weighted by atomic mass is 9.87. The van der Waals surface area contributed by atoms with Gasteiger partial charge in [0.2, 0.25) is 0 Å². The van der Waals surface area contributed by atoms with Gasteiger partial charge in [-0.1, -0.05) is 57.6 Å². The predicted octanol–water partition coefficient (Wildman–Crippen LogP) is 4.64. The van der Waals surface area contributed by atoms with Crippen molar-refractivity contribution in [1.29, 1.82) is 0 Å². The van der Waals surface area contributed by atoms with Crippen LogP contribution in [0.5, 0.6) is 0 Å². The van der Waals surface area contributed by atoms with Crippen LogP contribution < -0.4 is 5.32 Å². The molecule has 0 amide bonds. The Morgan fingerprint density at radius 3 is 2.68 bits per heavy atom. The molecule has 0 aliphatic heterocycles. The fraction of sp³-hybridized carbons (Fsp3) is 0.733. The summed E-state index contributed by atoms with van der Waals surface area (Å²) in [5.74, 6) is 2.14. The van der Waals surface area contributed by atoms with E-state index in [4.69, 9.17) is 11.6 Å². The van der Waals surface area contributed by atoms with E-state index in [1.807, 2.05) is 0 Å². The largest absolute Gasteiger partial charge is 0.370 e. The van der Waals surface area contributed by atoms with E-state index in [0.29, 0.717) is 11.1 Å². The van der Waals surface area contributed by atoms with Gasteiger partial charge in [-0.05, 0) is 18.3 Å². The van der Waals surface area contributed by atoms with Crippen molar-refractivity contribution >= 4 is 17.4 Å². The quantitative estimate of drug-likeness (QED) is 0.799. The molecule has 1 saturated carbocycles. The van der Waals surface area contributed by atoms with E-state index in [1.54, 1.807) is 0 Å². The maximum atomic E-state index is 6.16. The van der Waals surface area contributed by atoms with Crippen LogP contribution in [0.3, 0.4) is 0 Å². The third kappa shape index (κ3) is 4.07. The maximum Gasteiger partial charge on any atom is 0.138 e. The maximum absolute atomic E-state index is 6.16. The Hall–Kier alpha value is -0.830. The van der Waals surface area contributed by atoms with Crippen molar-refractivity contribution in [3.8, 4) is 0 Å². The summed E-state index contributed by atoms with van der Waals surface area (Å²) in [6, 6.07) is 0. The summed E-state index contributed by atoms with van der Waals surface area (Å²) in [5, 5.41) is 4.02. The van der Waals surface area contributed by atoms with E-state index in [0.717, 1.165) is 23.8 Å². The summed E-state index contributed by atoms with van der Waals surface area (Å²) >= 11 is 6.16. The van der Waals surface area contributed by atoms with Crippen LogP contribution in [0, 0.1) is 5.92 Å². The number of hydrogen-bond donors (Lipinski definition) is 1. The third-order valence-corrected chi connectivity index (χ3v) is 4.28. The first-order valence-electron chi connectivity index (χ1n) is 7.42. The number of aromatic nitrogens is 2. The van der Waals surface area contributed by atoms with Gasteiger partial charge in [0.1, 0.15) is 17.3 Å². The second kappa shape index (κ2) is 7.09. The van der Waals surface area contributed by atoms with Crippen LogP contribution in [0.25, 0.3) is 0 Å². The first kappa shape index (κ1) is 14.6. The Labute approximate surface area is 121 Å². The van der Waals surface area contributed by atoms with Crippen molar-refractivity contribution in [3.05, 3.63) is 17.0 Å². The molecule has 2 rings (SSSR count). The Morgan fingerprint density at radius 2 is 2.00 bits per heavy atom. The van der Waals surface area contributed by atoms with Crippen LogP contribution in [-0.2, 0) is 0 Å². The lowest BCUT2D eigenvalue weighted by Gasteiger charge is -2.22. The van der Waals surface area contributed by atoms with Crippen LogP contribution in [0.15, 0.2) is 6.33 Å². The minimum Gasteiger partial charge on any atom is -0.370 e. The standard InChI is InChI=1S/C15H24ClN3/c1-11(2)13-14(16)18-10-19-15(13)17-9-8-12-6-4-3-5-7-12/h10-12H,3-9H2,1-2H3,(H,17,18,19). The van der Waals surface area contributed by atoms with Crippen molar-refractivity contribution in [2.45, 2.75) is 58.3 Å². The molecule has 0 unspecified atom stereocenters. The van der Waals surface area contributed by atoms with Gasteiger partial charge in [-0.2, -0.15) is 0 Å². The van der Waals surface area contributed by atoms with Gasteiger partial charge in [0.05, 0.1) is 0 Å². The summed E-state index contributed by atoms with van der Waals surface area (Å²) in [6.45, 7) is 5.23. The summed E-state index contributed by atoms with van der Waals surface area (Å²) in [7, 11) is 0. The van der Waals surface area contributed by atoms with E-state index < -0.39 is 0 Å². The van der Waals surface area contributed by atoms with Crippen LogP contribution in [0.1, 0.15) is 63.9 Å². The second-order valence-corrected chi connectivity index (χ2v) is 6.16. The molecule has 0 bridgehead atoms. The van der Waals surface area contributed by atoms with Gasteiger partial charge >= 0.3 is 0 Å². The first-order valence-corrected chi connectivity index (χ1v) is 7.80. The zero-order chi connectivity index (χ0) is 13.7. The molecule has 1 fully saturated rings. The van der Waals surface area contributed by atoms with Crippen molar-refractivity contribution in [1.82, 2.24) is 9.97 Å². The van der Waals surface area contributed by atoms with Crippen molar-refractivity contribution in [3.63, 3.8) is 0 Å². The molecular weight excluding hydrogens is 258 g/mol. The lowest BCUT2D eigenvalue weighted by Crippen LogP contribution is -2.14. The lowest BCUT2D eigenvalue weighted by molar-refractivity contribution is 0.345. The molecule has 3 nitrogen and oxygen atoms in total. The summed E-state index contributed by atoms with van der Waals surface area (Å²) in [6.07, 6.45) is 9.79. The van der Waals surface area contributed by atoms with Gasteiger partial charge in [-0.25, -0.2) is 9.97 Å². The zero-order valence-corrected chi connectivity index (χ0v) is 12.7. The van der Waals surface area contributed by atoms with E-state index in [-0.39, 0.29) is 0 Å². The van der Waals surface area contributed by atoms with Gasteiger partial charge in [0, 0.05) is 12.1 Å². The molecule has 1 aromatic heterocycles. The van der Waals surface area contributed by atoms with Crippen LogP contribution in [0.2, 0.25) is 5.15 Å². The van der Waals surface area contributed by atoms with Crippen molar-refractivity contribution < 1.29 is 0 Å². The molecule has 106 valence electrons. The van der Waals surface area contributed by atoms with Crippen molar-refractivity contribution in [2.24, 2.45) is 5.92 Å². The average Bonchev–Trinajstić information content (AvgIpc) is 2.39. The van der Waals surface area contributed by atoms with Gasteiger partial charge in [-0.15, -0.1) is 0 Å². The summed E-state index contributed by atoms with van der Waals surface area (Å²) < 4.78 is 0. The minimum absolute atomic E-state index is 0.339. The number of hydrogen-bond acceptors (Lipinski definition) is 3. The van der Waals surface area contributed by atoms with Crippen molar-refractivity contribution in [2.75, 3.05) is 11.9 Å². The van der Waals surface area contributed by atoms with Gasteiger partial charge in [-0.3, -0.25) is 0 Å². The summed E-state index contributed by atoms with van der Waals surface area (Å²) in [5.41, 5.74) is 1.04. The fourth-order valence-electron chi connectivity index (χ4n) is 2.90. The highest BCUT2D eigenvalue weighted by Gasteiger charge is 2.15. The highest BCUT2D eigenvalue weighted by atomic mass is 35.5. The number of nitrogens with one attached hydrogen (secondary N) is 1. The molecule has 1 N–H and O–H groups in total. The first-order chi connectivity index (χ1) is 9.18. The number of anilines is 1. The smallest absolute Gasteiger partial charge is 0.138 e. The highest BCUT2D eigenvalue weighted by Crippen LogP contribution is 2.29. The Bertz CT molecular complexity index is 400. The molecular formula is C15H24ClN3. The molecule has 0 atom stereocenters. The number of nitrogens with zero attached hydrogens (tertiary/aromatic N) is 2. The van der Waals surface area contributed by atoms with Gasteiger partial charge in [0.25, 0.3) is 0 Å². The molecule has 0 aromatic carbocycles.